The maximum Gasteiger partial charge on any atom is 0.207 e. The van der Waals surface area contributed by atoms with Gasteiger partial charge in [-0.2, -0.15) is 0 Å². The summed E-state index contributed by atoms with van der Waals surface area (Å²) in [5.41, 5.74) is 7.24. The largest absolute Gasteiger partial charge is 0.265 e. The molecule has 0 spiro atoms. The minimum atomic E-state index is -0.250. The van der Waals surface area contributed by atoms with Crippen molar-refractivity contribution < 1.29 is 4.92 Å². The SMILES string of the molecule is Cc1cc(Cc2csc(C3(c4ccccc4)CC3)n2)c(C)cc1CC[N+](=O)[O-]. The van der Waals surface area contributed by atoms with E-state index in [1.165, 1.54) is 34.5 Å². The van der Waals surface area contributed by atoms with Gasteiger partial charge in [-0.25, -0.2) is 4.98 Å². The van der Waals surface area contributed by atoms with E-state index in [1.54, 1.807) is 11.3 Å². The van der Waals surface area contributed by atoms with Crippen molar-refractivity contribution in [3.8, 4) is 0 Å². The van der Waals surface area contributed by atoms with Crippen molar-refractivity contribution >= 4 is 11.3 Å². The van der Waals surface area contributed by atoms with Crippen LogP contribution in [0.25, 0.3) is 0 Å². The van der Waals surface area contributed by atoms with Gasteiger partial charge in [-0.15, -0.1) is 11.3 Å². The lowest BCUT2D eigenvalue weighted by molar-refractivity contribution is -0.479. The fraction of sp³-hybridized carbons (Fsp3) is 0.348. The van der Waals surface area contributed by atoms with Gasteiger partial charge in [0.05, 0.1) is 5.69 Å². The summed E-state index contributed by atoms with van der Waals surface area (Å²) < 4.78 is 0. The molecule has 1 aromatic heterocycles. The number of thiazole rings is 1. The van der Waals surface area contributed by atoms with E-state index in [0.717, 1.165) is 23.2 Å². The number of aryl methyl sites for hydroxylation is 2. The Labute approximate surface area is 169 Å². The second-order valence-electron chi connectivity index (χ2n) is 7.78. The third kappa shape index (κ3) is 3.72. The summed E-state index contributed by atoms with van der Waals surface area (Å²) in [6, 6.07) is 15.0. The number of nitrogens with zero attached hydrogens (tertiary/aromatic N) is 2. The summed E-state index contributed by atoms with van der Waals surface area (Å²) in [6.45, 7) is 4.11. The van der Waals surface area contributed by atoms with Crippen molar-refractivity contribution in [2.45, 2.75) is 44.9 Å². The maximum absolute atomic E-state index is 10.7. The van der Waals surface area contributed by atoms with E-state index in [4.69, 9.17) is 4.98 Å². The molecule has 0 unspecified atom stereocenters. The van der Waals surface area contributed by atoms with Gasteiger partial charge in [-0.05, 0) is 54.5 Å². The van der Waals surface area contributed by atoms with Crippen molar-refractivity contribution in [3.63, 3.8) is 0 Å². The normalized spacial score (nSPS) is 14.8. The second-order valence-corrected chi connectivity index (χ2v) is 8.64. The first-order chi connectivity index (χ1) is 13.5. The van der Waals surface area contributed by atoms with Crippen LogP contribution in [0.3, 0.4) is 0 Å². The Morgan fingerprint density at radius 1 is 1.11 bits per heavy atom. The molecule has 4 rings (SSSR count). The first-order valence-electron chi connectivity index (χ1n) is 9.69. The molecule has 1 saturated carbocycles. The number of rotatable bonds is 7. The van der Waals surface area contributed by atoms with Crippen LogP contribution < -0.4 is 0 Å². The van der Waals surface area contributed by atoms with Crippen LogP contribution in [-0.2, 0) is 18.3 Å². The van der Waals surface area contributed by atoms with Gasteiger partial charge >= 0.3 is 0 Å². The maximum atomic E-state index is 10.7. The van der Waals surface area contributed by atoms with Crippen molar-refractivity contribution in [1.29, 1.82) is 0 Å². The molecule has 0 amide bonds. The van der Waals surface area contributed by atoms with Crippen molar-refractivity contribution in [3.05, 3.63) is 96.5 Å². The van der Waals surface area contributed by atoms with Crippen molar-refractivity contribution in [1.82, 2.24) is 4.98 Å². The van der Waals surface area contributed by atoms with E-state index < -0.39 is 0 Å². The van der Waals surface area contributed by atoms with E-state index in [0.29, 0.717) is 6.42 Å². The summed E-state index contributed by atoms with van der Waals surface area (Å²) >= 11 is 1.77. The van der Waals surface area contributed by atoms with Gasteiger partial charge in [-0.3, -0.25) is 10.1 Å². The average Bonchev–Trinajstić information content (AvgIpc) is 3.36. The summed E-state index contributed by atoms with van der Waals surface area (Å²) in [5.74, 6) is 0. The number of benzene rings is 2. The van der Waals surface area contributed by atoms with Gasteiger partial charge in [0.2, 0.25) is 6.54 Å². The number of hydrogen-bond donors (Lipinski definition) is 0. The third-order valence-corrected chi connectivity index (χ3v) is 6.86. The molecule has 4 nitrogen and oxygen atoms in total. The highest BCUT2D eigenvalue weighted by Crippen LogP contribution is 2.54. The Morgan fingerprint density at radius 3 is 2.46 bits per heavy atom. The van der Waals surface area contributed by atoms with Crippen LogP contribution in [0.1, 0.15) is 51.4 Å². The van der Waals surface area contributed by atoms with Gasteiger partial charge in [0, 0.05) is 28.6 Å². The zero-order valence-electron chi connectivity index (χ0n) is 16.3. The Morgan fingerprint density at radius 2 is 1.79 bits per heavy atom. The molecule has 0 N–H and O–H groups in total. The van der Waals surface area contributed by atoms with Crippen LogP contribution in [0, 0.1) is 24.0 Å². The monoisotopic (exact) mass is 392 g/mol. The van der Waals surface area contributed by atoms with Gasteiger partial charge in [0.1, 0.15) is 5.01 Å². The Balaban J connectivity index is 1.53. The lowest BCUT2D eigenvalue weighted by Crippen LogP contribution is -2.08. The van der Waals surface area contributed by atoms with E-state index in [9.17, 15) is 10.1 Å². The average molecular weight is 393 g/mol. The molecule has 0 radical (unpaired) electrons. The lowest BCUT2D eigenvalue weighted by Gasteiger charge is -2.12. The standard InChI is InChI=1S/C23H24N2O2S/c1-16-13-19(17(2)12-18(16)8-11-25(26)27)14-21-15-28-22(24-21)23(9-10-23)20-6-4-3-5-7-20/h3-7,12-13,15H,8-11,14H2,1-2H3. The van der Waals surface area contributed by atoms with Crippen molar-refractivity contribution in [2.75, 3.05) is 6.54 Å². The first-order valence-corrected chi connectivity index (χ1v) is 10.6. The minimum absolute atomic E-state index is 0.0172. The second kappa shape index (κ2) is 7.47. The predicted octanol–water partition coefficient (Wildman–Crippen LogP) is 5.25. The topological polar surface area (TPSA) is 56.0 Å². The van der Waals surface area contributed by atoms with Crippen LogP contribution in [0.5, 0.6) is 0 Å². The Kier molecular flexibility index (Phi) is 5.02. The molecule has 5 heteroatoms. The summed E-state index contributed by atoms with van der Waals surface area (Å²) in [7, 11) is 0. The van der Waals surface area contributed by atoms with Crippen LogP contribution in [0.15, 0.2) is 47.8 Å². The molecule has 1 aliphatic rings. The quantitative estimate of drug-likeness (QED) is 0.408. The zero-order valence-corrected chi connectivity index (χ0v) is 17.1. The van der Waals surface area contributed by atoms with Crippen LogP contribution in [-0.4, -0.2) is 16.5 Å². The van der Waals surface area contributed by atoms with E-state index in [2.05, 4.69) is 54.8 Å². The molecular weight excluding hydrogens is 368 g/mol. The molecule has 3 aromatic rings. The molecule has 144 valence electrons. The highest BCUT2D eigenvalue weighted by Gasteiger charge is 2.48. The number of aromatic nitrogens is 1. The summed E-state index contributed by atoms with van der Waals surface area (Å²) in [6.07, 6.45) is 3.64. The molecule has 0 bridgehead atoms. The lowest BCUT2D eigenvalue weighted by atomic mass is 9.95. The molecule has 2 aromatic carbocycles. The molecule has 1 heterocycles. The van der Waals surface area contributed by atoms with Crippen LogP contribution >= 0.6 is 11.3 Å². The smallest absolute Gasteiger partial charge is 0.207 e. The fourth-order valence-electron chi connectivity index (χ4n) is 3.92. The first kappa shape index (κ1) is 18.8. The number of hydrogen-bond acceptors (Lipinski definition) is 4. The minimum Gasteiger partial charge on any atom is -0.265 e. The highest BCUT2D eigenvalue weighted by molar-refractivity contribution is 7.09. The number of nitro groups is 1. The zero-order chi connectivity index (χ0) is 19.7. The predicted molar refractivity (Wildman–Crippen MR) is 113 cm³/mol. The Hall–Kier alpha value is -2.53. The van der Waals surface area contributed by atoms with Gasteiger partial charge in [0.15, 0.2) is 0 Å². The van der Waals surface area contributed by atoms with Crippen LogP contribution in [0.4, 0.5) is 0 Å². The van der Waals surface area contributed by atoms with Gasteiger partial charge in [0.25, 0.3) is 0 Å². The summed E-state index contributed by atoms with van der Waals surface area (Å²) in [4.78, 5) is 15.4. The van der Waals surface area contributed by atoms with Gasteiger partial charge in [-0.1, -0.05) is 42.5 Å². The van der Waals surface area contributed by atoms with Crippen molar-refractivity contribution in [2.24, 2.45) is 0 Å². The molecule has 0 aliphatic heterocycles. The summed E-state index contributed by atoms with van der Waals surface area (Å²) in [5, 5.41) is 14.1. The van der Waals surface area contributed by atoms with E-state index >= 15 is 0 Å². The molecular formula is C23H24N2O2S. The molecule has 1 fully saturated rings. The van der Waals surface area contributed by atoms with E-state index in [-0.39, 0.29) is 16.9 Å². The molecule has 0 atom stereocenters. The van der Waals surface area contributed by atoms with E-state index in [1.807, 2.05) is 6.92 Å². The Bertz CT molecular complexity index is 1010. The van der Waals surface area contributed by atoms with Crippen LogP contribution in [0.2, 0.25) is 0 Å². The fourth-order valence-corrected chi connectivity index (χ4v) is 5.02. The third-order valence-electron chi connectivity index (χ3n) is 5.77. The molecule has 28 heavy (non-hydrogen) atoms. The molecule has 0 saturated heterocycles. The highest BCUT2D eigenvalue weighted by atomic mass is 32.1. The van der Waals surface area contributed by atoms with Gasteiger partial charge < -0.3 is 0 Å². The molecule has 1 aliphatic carbocycles.